The standard InChI is InChI=1S/C20H20F4N2O2/c1-12-14(9-18(28)25-11-20(22,23)24)19-16(7-4-8-17(19)27)26(12)10-13-5-2-3-6-15(13)21/h2-3,5-6H,4,7-11H2,1H3,(H,25,28). The maximum atomic E-state index is 14.1. The van der Waals surface area contributed by atoms with E-state index in [1.807, 2.05) is 5.32 Å². The van der Waals surface area contributed by atoms with Crippen LogP contribution in [-0.2, 0) is 24.2 Å². The lowest BCUT2D eigenvalue weighted by molar-refractivity contribution is -0.138. The largest absolute Gasteiger partial charge is 0.405 e. The molecule has 3 rings (SSSR count). The monoisotopic (exact) mass is 396 g/mol. The Morgan fingerprint density at radius 2 is 1.93 bits per heavy atom. The van der Waals surface area contributed by atoms with Gasteiger partial charge in [0.2, 0.25) is 5.91 Å². The first-order chi connectivity index (χ1) is 13.2. The highest BCUT2D eigenvalue weighted by atomic mass is 19.4. The van der Waals surface area contributed by atoms with Crippen molar-refractivity contribution in [3.8, 4) is 0 Å². The number of rotatable bonds is 5. The molecule has 1 N–H and O–H groups in total. The first kappa shape index (κ1) is 20.1. The highest BCUT2D eigenvalue weighted by Gasteiger charge is 2.31. The van der Waals surface area contributed by atoms with Crippen molar-refractivity contribution in [1.29, 1.82) is 0 Å². The van der Waals surface area contributed by atoms with Crippen LogP contribution in [0.2, 0.25) is 0 Å². The molecule has 1 amide bonds. The molecule has 4 nitrogen and oxygen atoms in total. The summed E-state index contributed by atoms with van der Waals surface area (Å²) in [7, 11) is 0. The lowest BCUT2D eigenvalue weighted by Gasteiger charge is -2.16. The Morgan fingerprint density at radius 3 is 2.61 bits per heavy atom. The van der Waals surface area contributed by atoms with Crippen LogP contribution in [0.15, 0.2) is 24.3 Å². The number of alkyl halides is 3. The van der Waals surface area contributed by atoms with Crippen molar-refractivity contribution in [2.24, 2.45) is 0 Å². The number of carbonyl (C=O) groups is 2. The molecule has 0 saturated carbocycles. The fourth-order valence-electron chi connectivity index (χ4n) is 3.64. The quantitative estimate of drug-likeness (QED) is 0.784. The van der Waals surface area contributed by atoms with Gasteiger partial charge in [-0.05, 0) is 31.4 Å². The van der Waals surface area contributed by atoms with E-state index in [9.17, 15) is 27.2 Å². The van der Waals surface area contributed by atoms with Crippen LogP contribution in [0.4, 0.5) is 17.6 Å². The summed E-state index contributed by atoms with van der Waals surface area (Å²) in [6.45, 7) is 0.480. The summed E-state index contributed by atoms with van der Waals surface area (Å²) in [6, 6.07) is 6.27. The van der Waals surface area contributed by atoms with Gasteiger partial charge in [0.05, 0.1) is 13.0 Å². The molecule has 1 aromatic heterocycles. The Labute approximate surface area is 159 Å². The number of ketones is 1. The number of amides is 1. The predicted molar refractivity (Wildman–Crippen MR) is 94.7 cm³/mol. The van der Waals surface area contributed by atoms with Crippen LogP contribution in [0.5, 0.6) is 0 Å². The summed E-state index contributed by atoms with van der Waals surface area (Å²) >= 11 is 0. The van der Waals surface area contributed by atoms with Gasteiger partial charge in [0.15, 0.2) is 5.78 Å². The summed E-state index contributed by atoms with van der Waals surface area (Å²) in [6.07, 6.45) is -3.25. The second-order valence-corrected chi connectivity index (χ2v) is 6.91. The van der Waals surface area contributed by atoms with Gasteiger partial charge in [-0.25, -0.2) is 4.39 Å². The molecule has 1 aromatic carbocycles. The molecule has 0 atom stereocenters. The minimum Gasteiger partial charge on any atom is -0.347 e. The molecule has 0 aliphatic heterocycles. The highest BCUT2D eigenvalue weighted by molar-refractivity contribution is 6.01. The summed E-state index contributed by atoms with van der Waals surface area (Å²) in [4.78, 5) is 24.5. The predicted octanol–water partition coefficient (Wildman–Crippen LogP) is 3.72. The third kappa shape index (κ3) is 4.26. The van der Waals surface area contributed by atoms with Crippen LogP contribution < -0.4 is 5.32 Å². The smallest absolute Gasteiger partial charge is 0.347 e. The minimum atomic E-state index is -4.50. The molecular weight excluding hydrogens is 376 g/mol. The van der Waals surface area contributed by atoms with Crippen molar-refractivity contribution >= 4 is 11.7 Å². The average Bonchev–Trinajstić information content (AvgIpc) is 2.88. The van der Waals surface area contributed by atoms with Gasteiger partial charge in [0.25, 0.3) is 0 Å². The van der Waals surface area contributed by atoms with Crippen LogP contribution in [0, 0.1) is 12.7 Å². The van der Waals surface area contributed by atoms with Gasteiger partial charge in [-0.1, -0.05) is 18.2 Å². The number of carbonyl (C=O) groups excluding carboxylic acids is 2. The molecule has 0 bridgehead atoms. The highest BCUT2D eigenvalue weighted by Crippen LogP contribution is 2.31. The maximum absolute atomic E-state index is 14.1. The van der Waals surface area contributed by atoms with Crippen LogP contribution in [0.1, 0.15) is 45.7 Å². The van der Waals surface area contributed by atoms with Crippen LogP contribution in [0.3, 0.4) is 0 Å². The number of halogens is 4. The summed E-state index contributed by atoms with van der Waals surface area (Å²) in [5.74, 6) is -1.31. The number of nitrogens with one attached hydrogen (secondary N) is 1. The van der Waals surface area contributed by atoms with E-state index in [-0.39, 0.29) is 24.6 Å². The number of Topliss-reactive ketones (excluding diaryl/α,β-unsaturated/α-hetero) is 1. The molecular formula is C20H20F4N2O2. The van der Waals surface area contributed by atoms with Gasteiger partial charge < -0.3 is 9.88 Å². The van der Waals surface area contributed by atoms with E-state index >= 15 is 0 Å². The third-order valence-electron chi connectivity index (χ3n) is 4.96. The lowest BCUT2D eigenvalue weighted by atomic mass is 9.92. The molecule has 28 heavy (non-hydrogen) atoms. The second-order valence-electron chi connectivity index (χ2n) is 6.91. The SMILES string of the molecule is Cc1c(CC(=O)NCC(F)(F)F)c2c(n1Cc1ccccc1F)CCCC2=O. The van der Waals surface area contributed by atoms with E-state index in [1.54, 1.807) is 29.7 Å². The summed E-state index contributed by atoms with van der Waals surface area (Å²) in [5.41, 5.74) is 2.59. The van der Waals surface area contributed by atoms with Gasteiger partial charge in [-0.2, -0.15) is 13.2 Å². The van der Waals surface area contributed by atoms with E-state index in [4.69, 9.17) is 0 Å². The zero-order chi connectivity index (χ0) is 20.5. The zero-order valence-corrected chi connectivity index (χ0v) is 15.3. The summed E-state index contributed by atoms with van der Waals surface area (Å²) < 4.78 is 52.9. The molecule has 0 fully saturated rings. The Balaban J connectivity index is 1.94. The van der Waals surface area contributed by atoms with E-state index in [0.29, 0.717) is 41.6 Å². The van der Waals surface area contributed by atoms with E-state index in [0.717, 1.165) is 5.69 Å². The Bertz CT molecular complexity index is 916. The second kappa shape index (κ2) is 7.77. The number of nitrogens with zero attached hydrogens (tertiary/aromatic N) is 1. The van der Waals surface area contributed by atoms with Gasteiger partial charge in [-0.15, -0.1) is 0 Å². The van der Waals surface area contributed by atoms with Crippen molar-refractivity contribution < 1.29 is 27.2 Å². The molecule has 0 saturated heterocycles. The van der Waals surface area contributed by atoms with Crippen molar-refractivity contribution in [1.82, 2.24) is 9.88 Å². The molecule has 0 unspecified atom stereocenters. The molecule has 2 aromatic rings. The van der Waals surface area contributed by atoms with E-state index in [2.05, 4.69) is 0 Å². The van der Waals surface area contributed by atoms with Crippen molar-refractivity contribution in [2.45, 2.75) is 45.3 Å². The topological polar surface area (TPSA) is 51.1 Å². The molecule has 1 aliphatic carbocycles. The number of fused-ring (bicyclic) bond motifs is 1. The molecule has 150 valence electrons. The van der Waals surface area contributed by atoms with E-state index in [1.165, 1.54) is 6.07 Å². The van der Waals surface area contributed by atoms with Crippen LogP contribution in [0.25, 0.3) is 0 Å². The maximum Gasteiger partial charge on any atom is 0.405 e. The number of aromatic nitrogens is 1. The fraction of sp³-hybridized carbons (Fsp3) is 0.400. The first-order valence-corrected chi connectivity index (χ1v) is 8.98. The molecule has 1 aliphatic rings. The molecule has 8 heteroatoms. The van der Waals surface area contributed by atoms with E-state index < -0.39 is 18.6 Å². The Morgan fingerprint density at radius 1 is 1.21 bits per heavy atom. The van der Waals surface area contributed by atoms with Gasteiger partial charge in [0, 0.05) is 28.9 Å². The zero-order valence-electron chi connectivity index (χ0n) is 15.3. The summed E-state index contributed by atoms with van der Waals surface area (Å²) in [5, 5.41) is 1.84. The number of hydrogen-bond acceptors (Lipinski definition) is 2. The van der Waals surface area contributed by atoms with Gasteiger partial charge >= 0.3 is 6.18 Å². The van der Waals surface area contributed by atoms with Crippen molar-refractivity contribution in [3.05, 3.63) is 58.2 Å². The number of hydrogen-bond donors (Lipinski definition) is 1. The minimum absolute atomic E-state index is 0.129. The lowest BCUT2D eigenvalue weighted by Crippen LogP contribution is -2.35. The average molecular weight is 396 g/mol. The normalized spacial score (nSPS) is 14.1. The Hall–Kier alpha value is -2.64. The van der Waals surface area contributed by atoms with Crippen LogP contribution in [-0.4, -0.2) is 29.0 Å². The fourth-order valence-corrected chi connectivity index (χ4v) is 3.64. The molecule has 1 heterocycles. The van der Waals surface area contributed by atoms with Crippen LogP contribution >= 0.6 is 0 Å². The third-order valence-corrected chi connectivity index (χ3v) is 4.96. The van der Waals surface area contributed by atoms with Gasteiger partial charge in [0.1, 0.15) is 12.4 Å². The van der Waals surface area contributed by atoms with Gasteiger partial charge in [-0.3, -0.25) is 9.59 Å². The molecule has 0 radical (unpaired) electrons. The van der Waals surface area contributed by atoms with Crippen molar-refractivity contribution in [3.63, 3.8) is 0 Å². The van der Waals surface area contributed by atoms with Crippen molar-refractivity contribution in [2.75, 3.05) is 6.54 Å². The number of benzene rings is 1. The first-order valence-electron chi connectivity index (χ1n) is 8.98. The Kier molecular flexibility index (Phi) is 5.58. The molecule has 0 spiro atoms.